The van der Waals surface area contributed by atoms with Crippen LogP contribution in [-0.2, 0) is 4.74 Å². The van der Waals surface area contributed by atoms with E-state index < -0.39 is 0 Å². The zero-order chi connectivity index (χ0) is 11.1. The van der Waals surface area contributed by atoms with Gasteiger partial charge in [-0.25, -0.2) is 0 Å². The molecule has 2 unspecified atom stereocenters. The summed E-state index contributed by atoms with van der Waals surface area (Å²) in [6.07, 6.45) is 6.07. The molecule has 2 rings (SSSR count). The van der Waals surface area contributed by atoms with E-state index >= 15 is 0 Å². The molecule has 1 heterocycles. The molecule has 0 N–H and O–H groups in total. The average molecular weight is 210 g/mol. The molecule has 15 heavy (non-hydrogen) atoms. The SMILES string of the molecule is CC(C)CC1(C)CC[C@H]2C(C)CO[C@@H]2C1. The molecule has 2 fully saturated rings. The van der Waals surface area contributed by atoms with Gasteiger partial charge in [-0.3, -0.25) is 0 Å². The van der Waals surface area contributed by atoms with E-state index in [1.54, 1.807) is 0 Å². The summed E-state index contributed by atoms with van der Waals surface area (Å²) >= 11 is 0. The molecule has 1 aliphatic carbocycles. The van der Waals surface area contributed by atoms with E-state index in [1.807, 2.05) is 0 Å². The molecule has 0 radical (unpaired) electrons. The molecule has 1 nitrogen and oxygen atoms in total. The molecule has 0 spiro atoms. The summed E-state index contributed by atoms with van der Waals surface area (Å²) in [5, 5.41) is 0. The lowest BCUT2D eigenvalue weighted by molar-refractivity contribution is 0.00564. The molecule has 1 heteroatoms. The van der Waals surface area contributed by atoms with Crippen molar-refractivity contribution in [1.29, 1.82) is 0 Å². The molecule has 2 aliphatic rings. The van der Waals surface area contributed by atoms with Gasteiger partial charge in [-0.2, -0.15) is 0 Å². The predicted octanol–water partition coefficient (Wildman–Crippen LogP) is 3.87. The zero-order valence-electron chi connectivity index (χ0n) is 10.8. The van der Waals surface area contributed by atoms with E-state index in [4.69, 9.17) is 4.74 Å². The van der Waals surface area contributed by atoms with Crippen LogP contribution in [-0.4, -0.2) is 12.7 Å². The number of rotatable bonds is 2. The topological polar surface area (TPSA) is 9.23 Å². The van der Waals surface area contributed by atoms with Gasteiger partial charge in [-0.1, -0.05) is 27.7 Å². The van der Waals surface area contributed by atoms with Gasteiger partial charge in [0.05, 0.1) is 6.10 Å². The quantitative estimate of drug-likeness (QED) is 0.672. The number of hydrogen-bond acceptors (Lipinski definition) is 1. The Morgan fingerprint density at radius 2 is 2.13 bits per heavy atom. The maximum atomic E-state index is 5.95. The Labute approximate surface area is 94.6 Å². The molecular formula is C14H26O. The van der Waals surface area contributed by atoms with Crippen molar-refractivity contribution in [2.45, 2.75) is 59.5 Å². The van der Waals surface area contributed by atoms with E-state index in [0.717, 1.165) is 24.4 Å². The Balaban J connectivity index is 1.98. The van der Waals surface area contributed by atoms with Gasteiger partial charge in [0.15, 0.2) is 0 Å². The molecule has 0 bridgehead atoms. The minimum atomic E-state index is 0.555. The first-order valence-electron chi connectivity index (χ1n) is 6.62. The lowest BCUT2D eigenvalue weighted by Crippen LogP contribution is -2.35. The van der Waals surface area contributed by atoms with Crippen LogP contribution in [0.25, 0.3) is 0 Å². The van der Waals surface area contributed by atoms with Gasteiger partial charge in [0.1, 0.15) is 0 Å². The summed E-state index contributed by atoms with van der Waals surface area (Å²) in [5.74, 6) is 2.49. The first-order valence-corrected chi connectivity index (χ1v) is 6.62. The monoisotopic (exact) mass is 210 g/mol. The van der Waals surface area contributed by atoms with Crippen molar-refractivity contribution in [3.8, 4) is 0 Å². The largest absolute Gasteiger partial charge is 0.378 e. The fourth-order valence-electron chi connectivity index (χ4n) is 3.84. The summed E-state index contributed by atoms with van der Waals surface area (Å²) in [6.45, 7) is 10.5. The van der Waals surface area contributed by atoms with Crippen molar-refractivity contribution in [2.75, 3.05) is 6.61 Å². The van der Waals surface area contributed by atoms with E-state index in [9.17, 15) is 0 Å². The highest BCUT2D eigenvalue weighted by atomic mass is 16.5. The van der Waals surface area contributed by atoms with Gasteiger partial charge in [0.25, 0.3) is 0 Å². The number of ether oxygens (including phenoxy) is 1. The summed E-state index contributed by atoms with van der Waals surface area (Å²) in [6, 6.07) is 0. The van der Waals surface area contributed by atoms with Crippen LogP contribution in [0.4, 0.5) is 0 Å². The standard InChI is InChI=1S/C14H26O/c1-10(2)7-14(4)6-5-12-11(3)9-15-13(12)8-14/h10-13H,5-9H2,1-4H3/t11?,12-,13+,14?/m0/s1. The summed E-state index contributed by atoms with van der Waals surface area (Å²) in [4.78, 5) is 0. The van der Waals surface area contributed by atoms with Gasteiger partial charge in [0.2, 0.25) is 0 Å². The van der Waals surface area contributed by atoms with Crippen molar-refractivity contribution in [2.24, 2.45) is 23.2 Å². The molecule has 0 aromatic rings. The van der Waals surface area contributed by atoms with Gasteiger partial charge in [-0.15, -0.1) is 0 Å². The first-order chi connectivity index (χ1) is 7.00. The van der Waals surface area contributed by atoms with Crippen molar-refractivity contribution in [3.63, 3.8) is 0 Å². The van der Waals surface area contributed by atoms with Crippen LogP contribution < -0.4 is 0 Å². The van der Waals surface area contributed by atoms with Crippen molar-refractivity contribution in [3.05, 3.63) is 0 Å². The van der Waals surface area contributed by atoms with Gasteiger partial charge in [0, 0.05) is 6.61 Å². The van der Waals surface area contributed by atoms with Crippen molar-refractivity contribution >= 4 is 0 Å². The Bertz CT molecular complexity index is 223. The normalized spacial score (nSPS) is 45.8. The molecule has 0 aromatic carbocycles. The lowest BCUT2D eigenvalue weighted by Gasteiger charge is -2.41. The molecule has 1 saturated carbocycles. The maximum Gasteiger partial charge on any atom is 0.0612 e. The highest BCUT2D eigenvalue weighted by molar-refractivity contribution is 4.93. The predicted molar refractivity (Wildman–Crippen MR) is 63.8 cm³/mol. The second-order valence-corrected chi connectivity index (χ2v) is 6.66. The summed E-state index contributed by atoms with van der Waals surface area (Å²) in [7, 11) is 0. The zero-order valence-corrected chi connectivity index (χ0v) is 10.8. The van der Waals surface area contributed by atoms with Gasteiger partial charge < -0.3 is 4.74 Å². The third-order valence-electron chi connectivity index (χ3n) is 4.46. The highest BCUT2D eigenvalue weighted by Crippen LogP contribution is 2.48. The van der Waals surface area contributed by atoms with Crippen LogP contribution in [0, 0.1) is 23.2 Å². The Morgan fingerprint density at radius 1 is 1.40 bits per heavy atom. The van der Waals surface area contributed by atoms with Gasteiger partial charge in [-0.05, 0) is 48.9 Å². The van der Waals surface area contributed by atoms with Crippen LogP contribution in [0.2, 0.25) is 0 Å². The Kier molecular flexibility index (Phi) is 3.12. The fourth-order valence-corrected chi connectivity index (χ4v) is 3.84. The smallest absolute Gasteiger partial charge is 0.0612 e. The van der Waals surface area contributed by atoms with E-state index in [2.05, 4.69) is 27.7 Å². The van der Waals surface area contributed by atoms with Crippen molar-refractivity contribution < 1.29 is 4.74 Å². The summed E-state index contributed by atoms with van der Waals surface area (Å²) in [5.41, 5.74) is 0.555. The third kappa shape index (κ3) is 2.38. The number of hydrogen-bond donors (Lipinski definition) is 0. The van der Waals surface area contributed by atoms with Crippen LogP contribution in [0.5, 0.6) is 0 Å². The fraction of sp³-hybridized carbons (Fsp3) is 1.00. The van der Waals surface area contributed by atoms with Crippen LogP contribution in [0.3, 0.4) is 0 Å². The minimum Gasteiger partial charge on any atom is -0.378 e. The van der Waals surface area contributed by atoms with Crippen molar-refractivity contribution in [1.82, 2.24) is 0 Å². The Morgan fingerprint density at radius 3 is 2.80 bits per heavy atom. The molecule has 4 atom stereocenters. The highest BCUT2D eigenvalue weighted by Gasteiger charge is 2.43. The van der Waals surface area contributed by atoms with Crippen LogP contribution >= 0.6 is 0 Å². The molecule has 0 amide bonds. The lowest BCUT2D eigenvalue weighted by atomic mass is 9.65. The first kappa shape index (κ1) is 11.4. The molecular weight excluding hydrogens is 184 g/mol. The van der Waals surface area contributed by atoms with E-state index in [0.29, 0.717) is 11.5 Å². The maximum absolute atomic E-state index is 5.95. The van der Waals surface area contributed by atoms with Gasteiger partial charge >= 0.3 is 0 Å². The van der Waals surface area contributed by atoms with E-state index in [1.165, 1.54) is 25.7 Å². The second kappa shape index (κ2) is 4.08. The minimum absolute atomic E-state index is 0.555. The Hall–Kier alpha value is -0.0400. The molecule has 1 aliphatic heterocycles. The molecule has 1 saturated heterocycles. The van der Waals surface area contributed by atoms with Crippen LogP contribution in [0.1, 0.15) is 53.4 Å². The third-order valence-corrected chi connectivity index (χ3v) is 4.46. The second-order valence-electron chi connectivity index (χ2n) is 6.66. The molecule has 0 aromatic heterocycles. The molecule has 88 valence electrons. The van der Waals surface area contributed by atoms with E-state index in [-0.39, 0.29) is 0 Å². The average Bonchev–Trinajstić information content (AvgIpc) is 2.44. The van der Waals surface area contributed by atoms with Crippen LogP contribution in [0.15, 0.2) is 0 Å². The summed E-state index contributed by atoms with van der Waals surface area (Å²) < 4.78 is 5.95. The number of fused-ring (bicyclic) bond motifs is 1.